The van der Waals surface area contributed by atoms with E-state index in [0.717, 1.165) is 5.75 Å². The maximum absolute atomic E-state index is 13.4. The average molecular weight is 285 g/mol. The zero-order valence-electron chi connectivity index (χ0n) is 11.5. The number of rotatable bonds is 7. The number of para-hydroxylation sites is 1. The van der Waals surface area contributed by atoms with Crippen LogP contribution in [0, 0.1) is 11.7 Å². The summed E-state index contributed by atoms with van der Waals surface area (Å²) in [4.78, 5) is 11.7. The van der Waals surface area contributed by atoms with Gasteiger partial charge in [0, 0.05) is 11.7 Å². The number of hydrogen-bond acceptors (Lipinski definition) is 3. The van der Waals surface area contributed by atoms with E-state index in [4.69, 9.17) is 4.74 Å². The number of thioether (sulfide) groups is 1. The highest BCUT2D eigenvalue weighted by Gasteiger charge is 2.14. The van der Waals surface area contributed by atoms with Gasteiger partial charge < -0.3 is 10.1 Å². The van der Waals surface area contributed by atoms with Gasteiger partial charge in [0.05, 0.1) is 6.54 Å². The fourth-order valence-corrected chi connectivity index (χ4v) is 2.19. The first-order valence-corrected chi connectivity index (χ1v) is 7.61. The highest BCUT2D eigenvalue weighted by atomic mass is 32.2. The third-order valence-electron chi connectivity index (χ3n) is 2.59. The summed E-state index contributed by atoms with van der Waals surface area (Å²) >= 11 is 1.64. The van der Waals surface area contributed by atoms with Crippen LogP contribution in [0.5, 0.6) is 5.75 Å². The van der Waals surface area contributed by atoms with E-state index in [-0.39, 0.29) is 23.7 Å². The molecule has 1 amide bonds. The van der Waals surface area contributed by atoms with Crippen LogP contribution in [0.4, 0.5) is 4.39 Å². The lowest BCUT2D eigenvalue weighted by atomic mass is 10.2. The van der Waals surface area contributed by atoms with Gasteiger partial charge in [0.15, 0.2) is 11.6 Å². The Hall–Kier alpha value is -1.23. The Bertz CT molecular complexity index is 414. The van der Waals surface area contributed by atoms with Crippen LogP contribution in [-0.2, 0) is 4.79 Å². The van der Waals surface area contributed by atoms with E-state index in [1.165, 1.54) is 6.07 Å². The van der Waals surface area contributed by atoms with Crippen LogP contribution in [0.1, 0.15) is 13.8 Å². The second kappa shape index (κ2) is 8.04. The molecular formula is C14H20FNO2S. The number of nitrogens with one attached hydrogen (secondary N) is 1. The third kappa shape index (κ3) is 5.51. The van der Waals surface area contributed by atoms with Crippen molar-refractivity contribution < 1.29 is 13.9 Å². The molecule has 3 nitrogen and oxygen atoms in total. The van der Waals surface area contributed by atoms with Crippen LogP contribution in [0.15, 0.2) is 24.3 Å². The monoisotopic (exact) mass is 285 g/mol. The molecule has 0 saturated heterocycles. The summed E-state index contributed by atoms with van der Waals surface area (Å²) in [5.41, 5.74) is 0. The van der Waals surface area contributed by atoms with Crippen molar-refractivity contribution in [3.63, 3.8) is 0 Å². The molecule has 5 heteroatoms. The zero-order chi connectivity index (χ0) is 14.3. The van der Waals surface area contributed by atoms with Crippen LogP contribution in [0.25, 0.3) is 0 Å². The van der Waals surface area contributed by atoms with Gasteiger partial charge in [0.25, 0.3) is 0 Å². The molecule has 1 rings (SSSR count). The molecule has 2 atom stereocenters. The molecule has 1 aromatic carbocycles. The van der Waals surface area contributed by atoms with Crippen LogP contribution in [0.2, 0.25) is 0 Å². The molecular weight excluding hydrogens is 265 g/mol. The van der Waals surface area contributed by atoms with Gasteiger partial charge in [-0.1, -0.05) is 19.1 Å². The van der Waals surface area contributed by atoms with E-state index in [0.29, 0.717) is 6.54 Å². The lowest BCUT2D eigenvalue weighted by molar-refractivity contribution is -0.124. The van der Waals surface area contributed by atoms with Gasteiger partial charge in [-0.25, -0.2) is 4.39 Å². The number of benzene rings is 1. The quantitative estimate of drug-likeness (QED) is 0.837. The van der Waals surface area contributed by atoms with E-state index in [2.05, 4.69) is 5.32 Å². The molecule has 0 aromatic heterocycles. The summed E-state index contributed by atoms with van der Waals surface area (Å²) in [6, 6.07) is 6.24. The van der Waals surface area contributed by atoms with Crippen molar-refractivity contribution in [2.24, 2.45) is 5.92 Å². The lowest BCUT2D eigenvalue weighted by Crippen LogP contribution is -2.37. The highest BCUT2D eigenvalue weighted by molar-refractivity contribution is 7.98. The van der Waals surface area contributed by atoms with Gasteiger partial charge in [-0.15, -0.1) is 0 Å². The Morgan fingerprint density at radius 1 is 1.42 bits per heavy atom. The number of halogens is 1. The summed E-state index contributed by atoms with van der Waals surface area (Å²) < 4.78 is 18.8. The molecule has 0 saturated carbocycles. The third-order valence-corrected chi connectivity index (χ3v) is 3.43. The first-order valence-electron chi connectivity index (χ1n) is 6.22. The number of ether oxygens (including phenoxy) is 1. The van der Waals surface area contributed by atoms with Gasteiger partial charge in [-0.05, 0) is 25.3 Å². The molecule has 106 valence electrons. The number of carbonyl (C=O) groups excluding carboxylic acids is 1. The fourth-order valence-electron chi connectivity index (χ4n) is 1.54. The largest absolute Gasteiger partial charge is 0.486 e. The van der Waals surface area contributed by atoms with Crippen molar-refractivity contribution in [1.82, 2.24) is 5.32 Å². The smallest absolute Gasteiger partial charge is 0.223 e. The molecule has 0 aliphatic heterocycles. The normalized spacial score (nSPS) is 13.7. The topological polar surface area (TPSA) is 38.3 Å². The molecule has 0 spiro atoms. The van der Waals surface area contributed by atoms with E-state index in [1.807, 2.05) is 13.2 Å². The second-order valence-electron chi connectivity index (χ2n) is 4.46. The first kappa shape index (κ1) is 15.8. The maximum atomic E-state index is 13.4. The lowest BCUT2D eigenvalue weighted by Gasteiger charge is -2.17. The van der Waals surface area contributed by atoms with E-state index < -0.39 is 5.82 Å². The number of carbonyl (C=O) groups is 1. The summed E-state index contributed by atoms with van der Waals surface area (Å²) in [7, 11) is 0. The molecule has 0 fully saturated rings. The summed E-state index contributed by atoms with van der Waals surface area (Å²) in [5.74, 6) is 0.570. The van der Waals surface area contributed by atoms with Crippen LogP contribution < -0.4 is 10.1 Å². The van der Waals surface area contributed by atoms with Crippen LogP contribution in [-0.4, -0.2) is 30.6 Å². The van der Waals surface area contributed by atoms with Crippen molar-refractivity contribution >= 4 is 17.7 Å². The standard InChI is InChI=1S/C14H20FNO2S/c1-10(9-19-3)14(17)16-8-11(2)18-13-7-5-4-6-12(13)15/h4-7,10-11H,8-9H2,1-3H3,(H,16,17)/t10-,11+/m0/s1. The highest BCUT2D eigenvalue weighted by Crippen LogP contribution is 2.16. The second-order valence-corrected chi connectivity index (χ2v) is 5.37. The van der Waals surface area contributed by atoms with Crippen molar-refractivity contribution in [1.29, 1.82) is 0 Å². The minimum atomic E-state index is -0.392. The van der Waals surface area contributed by atoms with Crippen LogP contribution in [0.3, 0.4) is 0 Å². The fraction of sp³-hybridized carbons (Fsp3) is 0.500. The number of amides is 1. The van der Waals surface area contributed by atoms with Gasteiger partial charge in [0.1, 0.15) is 6.10 Å². The molecule has 0 aliphatic carbocycles. The molecule has 0 radical (unpaired) electrons. The predicted molar refractivity (Wildman–Crippen MR) is 77.0 cm³/mol. The van der Waals surface area contributed by atoms with Gasteiger partial charge in [-0.3, -0.25) is 4.79 Å². The minimum absolute atomic E-state index is 0.00154. The summed E-state index contributed by atoms with van der Waals surface area (Å²) in [5, 5.41) is 2.81. The minimum Gasteiger partial charge on any atom is -0.486 e. The molecule has 0 unspecified atom stereocenters. The molecule has 1 aromatic rings. The van der Waals surface area contributed by atoms with Crippen LogP contribution >= 0.6 is 11.8 Å². The predicted octanol–water partition coefficient (Wildman–Crippen LogP) is 2.71. The SMILES string of the molecule is CSC[C@H](C)C(=O)NC[C@@H](C)Oc1ccccc1F. The van der Waals surface area contributed by atoms with Gasteiger partial charge >= 0.3 is 0 Å². The van der Waals surface area contributed by atoms with Crippen molar-refractivity contribution in [3.8, 4) is 5.75 Å². The Balaban J connectivity index is 2.38. The Morgan fingerprint density at radius 2 is 2.11 bits per heavy atom. The molecule has 19 heavy (non-hydrogen) atoms. The Morgan fingerprint density at radius 3 is 2.74 bits per heavy atom. The molecule has 0 heterocycles. The first-order chi connectivity index (χ1) is 9.04. The Labute approximate surface area is 117 Å². The summed E-state index contributed by atoms with van der Waals surface area (Å²) in [6.07, 6.45) is 1.69. The molecule has 0 bridgehead atoms. The Kier molecular flexibility index (Phi) is 6.70. The van der Waals surface area contributed by atoms with Gasteiger partial charge in [0.2, 0.25) is 5.91 Å². The van der Waals surface area contributed by atoms with E-state index in [9.17, 15) is 9.18 Å². The number of hydrogen-bond donors (Lipinski definition) is 1. The van der Waals surface area contributed by atoms with E-state index >= 15 is 0 Å². The van der Waals surface area contributed by atoms with E-state index in [1.54, 1.807) is 36.9 Å². The van der Waals surface area contributed by atoms with Crippen molar-refractivity contribution in [3.05, 3.63) is 30.1 Å². The maximum Gasteiger partial charge on any atom is 0.223 e. The zero-order valence-corrected chi connectivity index (χ0v) is 12.3. The summed E-state index contributed by atoms with van der Waals surface area (Å²) in [6.45, 7) is 4.05. The molecule has 0 aliphatic rings. The average Bonchev–Trinajstić information content (AvgIpc) is 2.39. The van der Waals surface area contributed by atoms with Gasteiger partial charge in [-0.2, -0.15) is 11.8 Å². The van der Waals surface area contributed by atoms with Crippen molar-refractivity contribution in [2.75, 3.05) is 18.6 Å². The molecule has 1 N–H and O–H groups in total. The van der Waals surface area contributed by atoms with Crippen molar-refractivity contribution in [2.45, 2.75) is 20.0 Å².